The van der Waals surface area contributed by atoms with Crippen molar-refractivity contribution in [3.05, 3.63) is 27.7 Å². The number of aldehydes is 1. The zero-order chi connectivity index (χ0) is 8.55. The molecule has 0 radical (unpaired) electrons. The van der Waals surface area contributed by atoms with E-state index in [1.54, 1.807) is 12.3 Å². The molecular formula is C8H4INO2. The van der Waals surface area contributed by atoms with Crippen LogP contribution < -0.4 is 0 Å². The molecule has 0 N–H and O–H groups in total. The van der Waals surface area contributed by atoms with Crippen LogP contribution in [0.2, 0.25) is 0 Å². The average Bonchev–Trinajstić information content (AvgIpc) is 2.47. The first-order valence-corrected chi connectivity index (χ1v) is 4.37. The standard InChI is InChI=1S/C8H4INO2/c9-7-4-12-8-6(7)1-5(3-11)2-10-8/h1-4H. The first-order valence-electron chi connectivity index (χ1n) is 3.29. The van der Waals surface area contributed by atoms with Gasteiger partial charge in [0.2, 0.25) is 5.71 Å². The Morgan fingerprint density at radius 2 is 2.42 bits per heavy atom. The van der Waals surface area contributed by atoms with Crippen LogP contribution in [-0.4, -0.2) is 11.3 Å². The number of fused-ring (bicyclic) bond motifs is 1. The first-order chi connectivity index (χ1) is 5.81. The predicted octanol–water partition coefficient (Wildman–Crippen LogP) is 2.24. The quantitative estimate of drug-likeness (QED) is 0.591. The molecule has 0 amide bonds. The maximum Gasteiger partial charge on any atom is 0.226 e. The Bertz CT molecular complexity index is 436. The van der Waals surface area contributed by atoms with Crippen LogP contribution >= 0.6 is 22.6 Å². The lowest BCUT2D eigenvalue weighted by Gasteiger charge is -1.89. The van der Waals surface area contributed by atoms with E-state index in [0.717, 1.165) is 15.2 Å². The Hall–Kier alpha value is -0.910. The molecular weight excluding hydrogens is 269 g/mol. The summed E-state index contributed by atoms with van der Waals surface area (Å²) in [6, 6.07) is 1.76. The molecule has 0 aliphatic rings. The van der Waals surface area contributed by atoms with Crippen LogP contribution in [0.4, 0.5) is 0 Å². The molecule has 60 valence electrons. The lowest BCUT2D eigenvalue weighted by Crippen LogP contribution is -1.81. The number of hydrogen-bond donors (Lipinski definition) is 0. The number of furan rings is 1. The molecule has 0 aliphatic carbocycles. The summed E-state index contributed by atoms with van der Waals surface area (Å²) < 4.78 is 6.08. The molecule has 0 fully saturated rings. The highest BCUT2D eigenvalue weighted by atomic mass is 127. The van der Waals surface area contributed by atoms with E-state index < -0.39 is 0 Å². The molecule has 0 aromatic carbocycles. The van der Waals surface area contributed by atoms with Crippen molar-refractivity contribution in [1.82, 2.24) is 4.98 Å². The molecule has 0 spiro atoms. The van der Waals surface area contributed by atoms with Crippen LogP contribution in [0.15, 0.2) is 22.9 Å². The molecule has 2 aromatic heterocycles. The molecule has 2 heterocycles. The van der Waals surface area contributed by atoms with Gasteiger partial charge in [0, 0.05) is 11.8 Å². The van der Waals surface area contributed by atoms with E-state index in [2.05, 4.69) is 27.6 Å². The van der Waals surface area contributed by atoms with Gasteiger partial charge in [0.15, 0.2) is 6.29 Å². The van der Waals surface area contributed by atoms with Gasteiger partial charge in [-0.15, -0.1) is 0 Å². The predicted molar refractivity (Wildman–Crippen MR) is 52.1 cm³/mol. The number of rotatable bonds is 1. The number of halogens is 1. The summed E-state index contributed by atoms with van der Waals surface area (Å²) in [5.74, 6) is 0. The highest BCUT2D eigenvalue weighted by Gasteiger charge is 2.04. The zero-order valence-electron chi connectivity index (χ0n) is 5.95. The molecule has 3 nitrogen and oxygen atoms in total. The van der Waals surface area contributed by atoms with E-state index in [4.69, 9.17) is 4.42 Å². The average molecular weight is 273 g/mol. The third kappa shape index (κ3) is 1.12. The minimum atomic E-state index is 0.571. The Morgan fingerprint density at radius 1 is 1.58 bits per heavy atom. The van der Waals surface area contributed by atoms with Gasteiger partial charge < -0.3 is 4.42 Å². The van der Waals surface area contributed by atoms with Crippen molar-refractivity contribution in [2.75, 3.05) is 0 Å². The van der Waals surface area contributed by atoms with E-state index in [9.17, 15) is 4.79 Å². The van der Waals surface area contributed by atoms with Crippen LogP contribution in [0.1, 0.15) is 10.4 Å². The number of pyridine rings is 1. The van der Waals surface area contributed by atoms with Crippen LogP contribution in [0, 0.1) is 3.57 Å². The number of aromatic nitrogens is 1. The van der Waals surface area contributed by atoms with Crippen molar-refractivity contribution in [2.45, 2.75) is 0 Å². The third-order valence-electron chi connectivity index (χ3n) is 1.54. The number of carbonyl (C=O) groups is 1. The van der Waals surface area contributed by atoms with Crippen LogP contribution in [0.3, 0.4) is 0 Å². The molecule has 2 rings (SSSR count). The smallest absolute Gasteiger partial charge is 0.226 e. The molecule has 0 saturated carbocycles. The van der Waals surface area contributed by atoms with E-state index in [0.29, 0.717) is 11.3 Å². The fourth-order valence-electron chi connectivity index (χ4n) is 0.969. The molecule has 0 atom stereocenters. The van der Waals surface area contributed by atoms with Crippen LogP contribution in [-0.2, 0) is 0 Å². The second-order valence-corrected chi connectivity index (χ2v) is 3.49. The Labute approximate surface area is 81.9 Å². The Kier molecular flexibility index (Phi) is 1.84. The van der Waals surface area contributed by atoms with E-state index in [-0.39, 0.29) is 0 Å². The van der Waals surface area contributed by atoms with Gasteiger partial charge in [-0.05, 0) is 28.7 Å². The highest BCUT2D eigenvalue weighted by Crippen LogP contribution is 2.20. The fraction of sp³-hybridized carbons (Fsp3) is 0. The van der Waals surface area contributed by atoms with Crippen molar-refractivity contribution in [3.8, 4) is 0 Å². The normalized spacial score (nSPS) is 10.4. The maximum atomic E-state index is 10.4. The van der Waals surface area contributed by atoms with Crippen molar-refractivity contribution in [2.24, 2.45) is 0 Å². The minimum absolute atomic E-state index is 0.571. The SMILES string of the molecule is O=Cc1cnc2occ(I)c2c1. The molecule has 12 heavy (non-hydrogen) atoms. The van der Waals surface area contributed by atoms with Crippen molar-refractivity contribution < 1.29 is 9.21 Å². The van der Waals surface area contributed by atoms with Gasteiger partial charge in [0.05, 0.1) is 8.96 Å². The van der Waals surface area contributed by atoms with Gasteiger partial charge in [0.25, 0.3) is 0 Å². The van der Waals surface area contributed by atoms with Gasteiger partial charge >= 0.3 is 0 Å². The molecule has 2 aromatic rings. The lowest BCUT2D eigenvalue weighted by atomic mass is 10.2. The monoisotopic (exact) mass is 273 g/mol. The molecule has 0 unspecified atom stereocenters. The van der Waals surface area contributed by atoms with Crippen molar-refractivity contribution >= 4 is 40.0 Å². The van der Waals surface area contributed by atoms with Gasteiger partial charge in [-0.3, -0.25) is 4.79 Å². The van der Waals surface area contributed by atoms with Gasteiger partial charge in [0.1, 0.15) is 6.26 Å². The van der Waals surface area contributed by atoms with Crippen molar-refractivity contribution in [3.63, 3.8) is 0 Å². The van der Waals surface area contributed by atoms with Crippen LogP contribution in [0.5, 0.6) is 0 Å². The zero-order valence-corrected chi connectivity index (χ0v) is 8.11. The van der Waals surface area contributed by atoms with E-state index >= 15 is 0 Å². The Morgan fingerprint density at radius 3 is 3.17 bits per heavy atom. The summed E-state index contributed by atoms with van der Waals surface area (Å²) in [5.41, 5.74) is 1.15. The highest BCUT2D eigenvalue weighted by molar-refractivity contribution is 14.1. The molecule has 0 aliphatic heterocycles. The number of carbonyl (C=O) groups excluding carboxylic acids is 1. The second-order valence-electron chi connectivity index (χ2n) is 2.32. The fourth-order valence-corrected chi connectivity index (χ4v) is 1.48. The minimum Gasteiger partial charge on any atom is -0.445 e. The van der Waals surface area contributed by atoms with Crippen LogP contribution in [0.25, 0.3) is 11.1 Å². The van der Waals surface area contributed by atoms with Crippen molar-refractivity contribution in [1.29, 1.82) is 0 Å². The van der Waals surface area contributed by atoms with Gasteiger partial charge in [-0.25, -0.2) is 4.98 Å². The van der Waals surface area contributed by atoms with E-state index in [1.807, 2.05) is 0 Å². The summed E-state index contributed by atoms with van der Waals surface area (Å²) >= 11 is 2.14. The molecule has 0 saturated heterocycles. The summed E-state index contributed by atoms with van der Waals surface area (Å²) in [6.07, 6.45) is 3.89. The maximum absolute atomic E-state index is 10.4. The third-order valence-corrected chi connectivity index (χ3v) is 2.38. The largest absolute Gasteiger partial charge is 0.445 e. The molecule has 0 bridgehead atoms. The van der Waals surface area contributed by atoms with E-state index in [1.165, 1.54) is 6.20 Å². The summed E-state index contributed by atoms with van der Waals surface area (Å²) in [6.45, 7) is 0. The lowest BCUT2D eigenvalue weighted by molar-refractivity contribution is 0.112. The second kappa shape index (κ2) is 2.85. The number of hydrogen-bond acceptors (Lipinski definition) is 3. The van der Waals surface area contributed by atoms with Gasteiger partial charge in [-0.1, -0.05) is 0 Å². The molecule has 4 heteroatoms. The summed E-state index contributed by atoms with van der Waals surface area (Å²) in [4.78, 5) is 14.4. The number of nitrogens with zero attached hydrogens (tertiary/aromatic N) is 1. The summed E-state index contributed by atoms with van der Waals surface area (Å²) in [5, 5.41) is 0.889. The first kappa shape index (κ1) is 7.72. The summed E-state index contributed by atoms with van der Waals surface area (Å²) in [7, 11) is 0. The van der Waals surface area contributed by atoms with Gasteiger partial charge in [-0.2, -0.15) is 0 Å². The topological polar surface area (TPSA) is 43.1 Å². The Balaban J connectivity index is 2.79.